The van der Waals surface area contributed by atoms with E-state index in [1.54, 1.807) is 17.0 Å². The molecule has 1 saturated carbocycles. The summed E-state index contributed by atoms with van der Waals surface area (Å²) in [6, 6.07) is 20.9. The topological polar surface area (TPSA) is 49.4 Å². The van der Waals surface area contributed by atoms with Crippen molar-refractivity contribution in [1.82, 2.24) is 10.2 Å². The van der Waals surface area contributed by atoms with Gasteiger partial charge in [0.15, 0.2) is 0 Å². The Morgan fingerprint density at radius 2 is 1.53 bits per heavy atom. The summed E-state index contributed by atoms with van der Waals surface area (Å²) in [7, 11) is 0. The molecule has 3 aromatic rings. The highest BCUT2D eigenvalue weighted by molar-refractivity contribution is 6.42. The first-order valence-electron chi connectivity index (χ1n) is 13.4. The molecule has 38 heavy (non-hydrogen) atoms. The molecule has 6 heteroatoms. The fraction of sp³-hybridized carbons (Fsp3) is 0.375. The normalized spacial score (nSPS) is 14.6. The maximum atomic E-state index is 14.0. The summed E-state index contributed by atoms with van der Waals surface area (Å²) in [6.07, 6.45) is 6.04. The molecule has 4 nitrogen and oxygen atoms in total. The van der Waals surface area contributed by atoms with Crippen LogP contribution in [0.1, 0.15) is 59.9 Å². The summed E-state index contributed by atoms with van der Waals surface area (Å²) in [4.78, 5) is 29.6. The van der Waals surface area contributed by atoms with Crippen LogP contribution in [0, 0.1) is 13.8 Å². The number of hydrogen-bond donors (Lipinski definition) is 1. The summed E-state index contributed by atoms with van der Waals surface area (Å²) in [5.74, 6) is -0.199. The number of benzene rings is 3. The number of carbonyl (C=O) groups is 2. The van der Waals surface area contributed by atoms with Crippen molar-refractivity contribution in [1.29, 1.82) is 0 Å². The Balaban J connectivity index is 1.68. The number of nitrogens with one attached hydrogen (secondary N) is 1. The molecule has 0 aromatic heterocycles. The molecule has 3 aromatic carbocycles. The molecule has 1 atom stereocenters. The first-order chi connectivity index (χ1) is 18.3. The number of hydrogen-bond acceptors (Lipinski definition) is 2. The van der Waals surface area contributed by atoms with Crippen LogP contribution in [0.5, 0.6) is 0 Å². The average molecular weight is 552 g/mol. The van der Waals surface area contributed by atoms with E-state index in [9.17, 15) is 9.59 Å². The van der Waals surface area contributed by atoms with E-state index >= 15 is 0 Å². The Labute approximate surface area is 236 Å². The van der Waals surface area contributed by atoms with Crippen molar-refractivity contribution in [3.63, 3.8) is 0 Å². The van der Waals surface area contributed by atoms with Gasteiger partial charge in [-0.3, -0.25) is 9.59 Å². The fourth-order valence-electron chi connectivity index (χ4n) is 5.38. The zero-order valence-corrected chi connectivity index (χ0v) is 23.7. The van der Waals surface area contributed by atoms with E-state index in [0.717, 1.165) is 53.5 Å². The largest absolute Gasteiger partial charge is 0.352 e. The summed E-state index contributed by atoms with van der Waals surface area (Å²) >= 11 is 12.5. The summed E-state index contributed by atoms with van der Waals surface area (Å²) < 4.78 is 0. The second-order valence-electron chi connectivity index (χ2n) is 10.5. The smallest absolute Gasteiger partial charge is 0.243 e. The van der Waals surface area contributed by atoms with Gasteiger partial charge in [-0.25, -0.2) is 0 Å². The molecular weight excluding hydrogens is 515 g/mol. The molecule has 200 valence electrons. The van der Waals surface area contributed by atoms with E-state index < -0.39 is 6.04 Å². The average Bonchev–Trinajstić information content (AvgIpc) is 2.88. The summed E-state index contributed by atoms with van der Waals surface area (Å²) in [6.45, 7) is 4.32. The number of carbonyl (C=O) groups excluding carboxylic acids is 2. The van der Waals surface area contributed by atoms with E-state index in [-0.39, 0.29) is 30.8 Å². The van der Waals surface area contributed by atoms with Gasteiger partial charge in [-0.15, -0.1) is 0 Å². The molecule has 0 bridgehead atoms. The lowest BCUT2D eigenvalue weighted by molar-refractivity contribution is -0.141. The van der Waals surface area contributed by atoms with Crippen LogP contribution in [0.3, 0.4) is 0 Å². The zero-order valence-electron chi connectivity index (χ0n) is 22.2. The summed E-state index contributed by atoms with van der Waals surface area (Å²) in [5, 5.41) is 4.17. The van der Waals surface area contributed by atoms with E-state index in [1.807, 2.05) is 62.4 Å². The molecule has 1 fully saturated rings. The van der Waals surface area contributed by atoms with Gasteiger partial charge in [0.1, 0.15) is 6.04 Å². The Morgan fingerprint density at radius 1 is 0.842 bits per heavy atom. The Bertz CT molecular complexity index is 1240. The highest BCUT2D eigenvalue weighted by atomic mass is 35.5. The molecule has 0 unspecified atom stereocenters. The van der Waals surface area contributed by atoms with Gasteiger partial charge in [-0.2, -0.15) is 0 Å². The zero-order chi connectivity index (χ0) is 27.1. The maximum absolute atomic E-state index is 14.0. The van der Waals surface area contributed by atoms with Crippen molar-refractivity contribution in [2.45, 2.75) is 77.4 Å². The second-order valence-corrected chi connectivity index (χ2v) is 11.3. The monoisotopic (exact) mass is 550 g/mol. The van der Waals surface area contributed by atoms with Crippen molar-refractivity contribution >= 4 is 35.0 Å². The first-order valence-corrected chi connectivity index (χ1v) is 14.2. The Morgan fingerprint density at radius 3 is 2.18 bits per heavy atom. The molecule has 2 amide bonds. The quantitative estimate of drug-likeness (QED) is 0.305. The molecule has 4 rings (SSSR count). The van der Waals surface area contributed by atoms with Gasteiger partial charge in [-0.05, 0) is 55.5 Å². The van der Waals surface area contributed by atoms with Gasteiger partial charge in [0, 0.05) is 19.0 Å². The van der Waals surface area contributed by atoms with Gasteiger partial charge in [-0.1, -0.05) is 108 Å². The van der Waals surface area contributed by atoms with Crippen LogP contribution in [0.25, 0.3) is 0 Å². The van der Waals surface area contributed by atoms with Crippen LogP contribution in [0.15, 0.2) is 66.7 Å². The van der Waals surface area contributed by atoms with Crippen LogP contribution >= 0.6 is 23.2 Å². The lowest BCUT2D eigenvalue weighted by atomic mass is 9.94. The molecule has 0 spiro atoms. The molecule has 0 saturated heterocycles. The third-order valence-electron chi connectivity index (χ3n) is 7.20. The Kier molecular flexibility index (Phi) is 9.87. The highest BCUT2D eigenvalue weighted by Gasteiger charge is 2.32. The SMILES string of the molecule is Cc1cc(C)cc(CC(=O)N(Cc2ccc(Cl)c(Cl)c2)[C@@H](Cc2ccccc2)C(=O)NC2CCCCC2)c1. The standard InChI is InChI=1S/C32H36Cl2N2O2/c1-22-15-23(2)17-26(16-22)20-31(37)36(21-25-13-14-28(33)29(34)18-25)30(19-24-9-5-3-6-10-24)32(38)35-27-11-7-4-8-12-27/h3,5-6,9-10,13-18,27,30H,4,7-8,11-12,19-21H2,1-2H3,(H,35,38)/t30-/m0/s1. The van der Waals surface area contributed by atoms with Crippen molar-refractivity contribution < 1.29 is 9.59 Å². The Hall–Kier alpha value is -2.82. The second kappa shape index (κ2) is 13.3. The predicted octanol–water partition coefficient (Wildman–Crippen LogP) is 7.24. The lowest BCUT2D eigenvalue weighted by Gasteiger charge is -2.33. The number of rotatable bonds is 9. The van der Waals surface area contributed by atoms with Gasteiger partial charge in [0.05, 0.1) is 16.5 Å². The van der Waals surface area contributed by atoms with Gasteiger partial charge >= 0.3 is 0 Å². The van der Waals surface area contributed by atoms with Gasteiger partial charge < -0.3 is 10.2 Å². The van der Waals surface area contributed by atoms with Crippen LogP contribution in [0.2, 0.25) is 10.0 Å². The van der Waals surface area contributed by atoms with E-state index in [0.29, 0.717) is 16.5 Å². The maximum Gasteiger partial charge on any atom is 0.243 e. The first kappa shape index (κ1) is 28.2. The van der Waals surface area contributed by atoms with Crippen molar-refractivity contribution in [2.75, 3.05) is 0 Å². The van der Waals surface area contributed by atoms with Crippen LogP contribution in [-0.4, -0.2) is 28.8 Å². The third kappa shape index (κ3) is 7.85. The van der Waals surface area contributed by atoms with Gasteiger partial charge in [0.25, 0.3) is 0 Å². The predicted molar refractivity (Wildman–Crippen MR) is 156 cm³/mol. The minimum absolute atomic E-state index is 0.0965. The lowest BCUT2D eigenvalue weighted by Crippen LogP contribution is -2.53. The van der Waals surface area contributed by atoms with Crippen molar-refractivity contribution in [3.05, 3.63) is 105 Å². The van der Waals surface area contributed by atoms with Crippen molar-refractivity contribution in [3.8, 4) is 0 Å². The van der Waals surface area contributed by atoms with Crippen LogP contribution < -0.4 is 5.32 Å². The molecule has 0 radical (unpaired) electrons. The molecule has 1 aliphatic rings. The van der Waals surface area contributed by atoms with Gasteiger partial charge in [0.2, 0.25) is 11.8 Å². The third-order valence-corrected chi connectivity index (χ3v) is 7.94. The van der Waals surface area contributed by atoms with E-state index in [2.05, 4.69) is 11.4 Å². The number of halogens is 2. The minimum Gasteiger partial charge on any atom is -0.352 e. The van der Waals surface area contributed by atoms with Crippen molar-refractivity contribution in [2.24, 2.45) is 0 Å². The number of amides is 2. The molecular formula is C32H36Cl2N2O2. The number of nitrogens with zero attached hydrogens (tertiary/aromatic N) is 1. The molecule has 1 N–H and O–H groups in total. The van der Waals surface area contributed by atoms with E-state index in [4.69, 9.17) is 23.2 Å². The minimum atomic E-state index is -0.660. The fourth-order valence-corrected chi connectivity index (χ4v) is 5.70. The molecule has 0 heterocycles. The van der Waals surface area contributed by atoms with Crippen LogP contribution in [0.4, 0.5) is 0 Å². The van der Waals surface area contributed by atoms with E-state index in [1.165, 1.54) is 6.42 Å². The summed E-state index contributed by atoms with van der Waals surface area (Å²) in [5.41, 5.74) is 5.00. The number of aryl methyl sites for hydroxylation is 2. The highest BCUT2D eigenvalue weighted by Crippen LogP contribution is 2.25. The molecule has 1 aliphatic carbocycles. The molecule has 0 aliphatic heterocycles. The van der Waals surface area contributed by atoms with Crippen LogP contribution in [-0.2, 0) is 29.0 Å².